The van der Waals surface area contributed by atoms with Crippen LogP contribution in [0.15, 0.2) is 12.1 Å². The number of rotatable bonds is 6. The van der Waals surface area contributed by atoms with Gasteiger partial charge in [0.1, 0.15) is 6.61 Å². The Morgan fingerprint density at radius 3 is 2.14 bits per heavy atom. The van der Waals surface area contributed by atoms with Crippen LogP contribution in [-0.4, -0.2) is 17.8 Å². The van der Waals surface area contributed by atoms with E-state index < -0.39 is 30.4 Å². The van der Waals surface area contributed by atoms with Gasteiger partial charge in [0.2, 0.25) is 0 Å². The molecule has 1 N–H and O–H groups in total. The normalized spacial score (nSPS) is 13.6. The van der Waals surface area contributed by atoms with Crippen molar-refractivity contribution in [2.75, 3.05) is 6.61 Å². The van der Waals surface area contributed by atoms with Crippen LogP contribution in [0, 0.1) is 11.6 Å². The Morgan fingerprint density at radius 2 is 1.71 bits per heavy atom. The Bertz CT molecular complexity index is 454. The summed E-state index contributed by atoms with van der Waals surface area (Å²) < 4.78 is 59.0. The summed E-state index contributed by atoms with van der Waals surface area (Å²) in [5.74, 6) is -2.74. The predicted molar refractivity (Wildman–Crippen MR) is 76.8 cm³/mol. The van der Waals surface area contributed by atoms with E-state index in [0.29, 0.717) is 5.56 Å². The maximum absolute atomic E-state index is 13.8. The lowest BCUT2D eigenvalue weighted by Gasteiger charge is -2.22. The highest BCUT2D eigenvalue weighted by atomic mass is 32.2. The van der Waals surface area contributed by atoms with Gasteiger partial charge in [0, 0.05) is 10.8 Å². The van der Waals surface area contributed by atoms with Gasteiger partial charge >= 0.3 is 0 Å². The number of hydrogen-bond acceptors (Lipinski definition) is 3. The fraction of sp³-hybridized carbons (Fsp3) is 0.571. The molecular formula is C14H19F4NOS. The molecule has 0 saturated carbocycles. The van der Waals surface area contributed by atoms with E-state index >= 15 is 0 Å². The summed E-state index contributed by atoms with van der Waals surface area (Å²) in [6, 6.07) is 1.87. The third kappa shape index (κ3) is 6.13. The van der Waals surface area contributed by atoms with E-state index in [1.54, 1.807) is 6.92 Å². The van der Waals surface area contributed by atoms with Crippen molar-refractivity contribution in [2.45, 2.75) is 44.9 Å². The monoisotopic (exact) mass is 325 g/mol. The molecule has 0 aliphatic heterocycles. The fourth-order valence-electron chi connectivity index (χ4n) is 1.45. The van der Waals surface area contributed by atoms with Gasteiger partial charge in [0.15, 0.2) is 17.4 Å². The number of ether oxygens (including phenoxy) is 1. The molecule has 0 radical (unpaired) electrons. The molecular weight excluding hydrogens is 306 g/mol. The van der Waals surface area contributed by atoms with Crippen LogP contribution < -0.4 is 9.46 Å². The molecule has 1 unspecified atom stereocenters. The highest BCUT2D eigenvalue weighted by molar-refractivity contribution is 7.98. The summed E-state index contributed by atoms with van der Waals surface area (Å²) in [7, 11) is 0. The van der Waals surface area contributed by atoms with Gasteiger partial charge in [-0.2, -0.15) is 0 Å². The standard InChI is InChI=1S/C14H19F4NOS/c1-8(19-21-14(2,3)4)9-5-10(15)13(11(16)6-9)20-7-12(17)18/h5-6,8,12,19H,7H2,1-4H3. The van der Waals surface area contributed by atoms with Gasteiger partial charge in [-0.1, -0.05) is 11.9 Å². The van der Waals surface area contributed by atoms with Crippen molar-refractivity contribution in [1.29, 1.82) is 0 Å². The molecule has 0 aliphatic rings. The van der Waals surface area contributed by atoms with Crippen molar-refractivity contribution in [2.24, 2.45) is 0 Å². The summed E-state index contributed by atoms with van der Waals surface area (Å²) in [6.45, 7) is 6.72. The topological polar surface area (TPSA) is 21.3 Å². The molecule has 21 heavy (non-hydrogen) atoms. The Labute approximate surface area is 126 Å². The Kier molecular flexibility index (Phi) is 6.34. The molecule has 0 fully saturated rings. The number of alkyl halides is 2. The summed E-state index contributed by atoms with van der Waals surface area (Å²) in [6.07, 6.45) is -2.78. The zero-order chi connectivity index (χ0) is 16.2. The van der Waals surface area contributed by atoms with Gasteiger partial charge in [-0.05, 0) is 45.4 Å². The molecule has 7 heteroatoms. The minimum atomic E-state index is -2.78. The minimum absolute atomic E-state index is 0.0499. The summed E-state index contributed by atoms with van der Waals surface area (Å²) in [5, 5.41) is 0. The number of benzene rings is 1. The van der Waals surface area contributed by atoms with Crippen molar-refractivity contribution < 1.29 is 22.3 Å². The third-order valence-corrected chi connectivity index (χ3v) is 3.50. The molecule has 0 bridgehead atoms. The molecule has 1 aromatic carbocycles. The molecule has 0 amide bonds. The van der Waals surface area contributed by atoms with Gasteiger partial charge in [0.25, 0.3) is 6.43 Å². The van der Waals surface area contributed by atoms with Crippen LogP contribution >= 0.6 is 11.9 Å². The molecule has 1 aromatic rings. The third-order valence-electron chi connectivity index (χ3n) is 2.42. The highest BCUT2D eigenvalue weighted by Gasteiger charge is 2.19. The molecule has 0 saturated heterocycles. The first-order chi connectivity index (χ1) is 9.60. The van der Waals surface area contributed by atoms with Crippen LogP contribution in [0.1, 0.15) is 39.3 Å². The number of halogens is 4. The van der Waals surface area contributed by atoms with Gasteiger partial charge in [-0.3, -0.25) is 4.72 Å². The van der Waals surface area contributed by atoms with E-state index in [0.717, 1.165) is 12.1 Å². The van der Waals surface area contributed by atoms with E-state index in [9.17, 15) is 17.6 Å². The summed E-state index contributed by atoms with van der Waals surface area (Å²) in [4.78, 5) is 0. The van der Waals surface area contributed by atoms with Crippen molar-refractivity contribution in [3.63, 3.8) is 0 Å². The maximum Gasteiger partial charge on any atom is 0.272 e. The molecule has 0 spiro atoms. The van der Waals surface area contributed by atoms with E-state index in [2.05, 4.69) is 9.46 Å². The first-order valence-corrected chi connectivity index (χ1v) is 7.25. The zero-order valence-electron chi connectivity index (χ0n) is 12.3. The average molecular weight is 325 g/mol. The van der Waals surface area contributed by atoms with Crippen LogP contribution in [-0.2, 0) is 0 Å². The average Bonchev–Trinajstić information content (AvgIpc) is 2.33. The van der Waals surface area contributed by atoms with Crippen LogP contribution in [0.3, 0.4) is 0 Å². The molecule has 0 aliphatic carbocycles. The number of nitrogens with one attached hydrogen (secondary N) is 1. The first kappa shape index (κ1) is 18.1. The largest absolute Gasteiger partial charge is 0.482 e. The molecule has 120 valence electrons. The molecule has 2 nitrogen and oxygen atoms in total. The van der Waals surface area contributed by atoms with Crippen LogP contribution in [0.4, 0.5) is 17.6 Å². The van der Waals surface area contributed by atoms with E-state index in [1.807, 2.05) is 20.8 Å². The van der Waals surface area contributed by atoms with Gasteiger partial charge in [0.05, 0.1) is 0 Å². The van der Waals surface area contributed by atoms with Crippen LogP contribution in [0.2, 0.25) is 0 Å². The van der Waals surface area contributed by atoms with Crippen molar-refractivity contribution >= 4 is 11.9 Å². The molecule has 1 atom stereocenters. The minimum Gasteiger partial charge on any atom is -0.482 e. The summed E-state index contributed by atoms with van der Waals surface area (Å²) in [5.41, 5.74) is 0.381. The van der Waals surface area contributed by atoms with Crippen LogP contribution in [0.25, 0.3) is 0 Å². The van der Waals surface area contributed by atoms with Gasteiger partial charge in [-0.25, -0.2) is 17.6 Å². The van der Waals surface area contributed by atoms with E-state index in [-0.39, 0.29) is 10.8 Å². The molecule has 0 aromatic heterocycles. The lowest BCUT2D eigenvalue weighted by molar-refractivity contribution is 0.0777. The maximum atomic E-state index is 13.8. The van der Waals surface area contributed by atoms with E-state index in [1.165, 1.54) is 11.9 Å². The Balaban J connectivity index is 2.82. The molecule has 1 rings (SSSR count). The second-order valence-electron chi connectivity index (χ2n) is 5.57. The van der Waals surface area contributed by atoms with Crippen molar-refractivity contribution in [3.8, 4) is 5.75 Å². The van der Waals surface area contributed by atoms with Crippen molar-refractivity contribution in [1.82, 2.24) is 4.72 Å². The zero-order valence-corrected chi connectivity index (χ0v) is 13.2. The second-order valence-corrected chi connectivity index (χ2v) is 7.23. The van der Waals surface area contributed by atoms with Crippen molar-refractivity contribution in [3.05, 3.63) is 29.3 Å². The second kappa shape index (κ2) is 7.35. The predicted octanol–water partition coefficient (Wildman–Crippen LogP) is 4.71. The fourth-order valence-corrected chi connectivity index (χ4v) is 2.11. The smallest absolute Gasteiger partial charge is 0.272 e. The Morgan fingerprint density at radius 1 is 1.19 bits per heavy atom. The summed E-state index contributed by atoms with van der Waals surface area (Å²) >= 11 is 1.44. The lowest BCUT2D eigenvalue weighted by Crippen LogP contribution is -2.20. The number of hydrogen-bond donors (Lipinski definition) is 1. The van der Waals surface area contributed by atoms with Crippen LogP contribution in [0.5, 0.6) is 5.75 Å². The Hall–Kier alpha value is -0.950. The molecule has 0 heterocycles. The lowest BCUT2D eigenvalue weighted by atomic mass is 10.1. The van der Waals surface area contributed by atoms with Gasteiger partial charge in [-0.15, -0.1) is 0 Å². The van der Waals surface area contributed by atoms with E-state index in [4.69, 9.17) is 0 Å². The highest BCUT2D eigenvalue weighted by Crippen LogP contribution is 2.29. The SMILES string of the molecule is CC(NSC(C)(C)C)c1cc(F)c(OCC(F)F)c(F)c1. The van der Waals surface area contributed by atoms with Gasteiger partial charge < -0.3 is 4.74 Å². The quantitative estimate of drug-likeness (QED) is 0.605. The first-order valence-electron chi connectivity index (χ1n) is 6.43.